The number of rotatable bonds is 5. The molecule has 1 aromatic heterocycles. The molecule has 0 radical (unpaired) electrons. The highest BCUT2D eigenvalue weighted by molar-refractivity contribution is 9.10. The van der Waals surface area contributed by atoms with Gasteiger partial charge in [0.05, 0.1) is 6.20 Å². The van der Waals surface area contributed by atoms with Crippen LogP contribution in [0.25, 0.3) is 0 Å². The normalized spacial score (nSPS) is 10.8. The molecule has 1 N–H and O–H groups in total. The van der Waals surface area contributed by atoms with Gasteiger partial charge in [-0.25, -0.2) is 0 Å². The standard InChI is InChI=1S/C14H18BrN3/c1-11-3-4-13(14(15)7-11)9-16-6-5-12-8-17-18(2)10-12/h3-4,7-8,10,16H,5-6,9H2,1-2H3. The summed E-state index contributed by atoms with van der Waals surface area (Å²) in [6, 6.07) is 6.46. The van der Waals surface area contributed by atoms with Crippen LogP contribution in [0.15, 0.2) is 35.1 Å². The van der Waals surface area contributed by atoms with Crippen LogP contribution in [-0.2, 0) is 20.0 Å². The largest absolute Gasteiger partial charge is 0.312 e. The van der Waals surface area contributed by atoms with Crippen molar-refractivity contribution in [2.24, 2.45) is 7.05 Å². The first-order chi connectivity index (χ1) is 8.65. The van der Waals surface area contributed by atoms with Crippen molar-refractivity contribution in [3.05, 3.63) is 51.8 Å². The van der Waals surface area contributed by atoms with Gasteiger partial charge >= 0.3 is 0 Å². The second kappa shape index (κ2) is 6.16. The van der Waals surface area contributed by atoms with Crippen molar-refractivity contribution in [2.75, 3.05) is 6.54 Å². The molecule has 0 bridgehead atoms. The number of hydrogen-bond donors (Lipinski definition) is 1. The van der Waals surface area contributed by atoms with Crippen LogP contribution in [0.5, 0.6) is 0 Å². The van der Waals surface area contributed by atoms with Crippen molar-refractivity contribution < 1.29 is 0 Å². The predicted molar refractivity (Wildman–Crippen MR) is 77.5 cm³/mol. The molecular weight excluding hydrogens is 290 g/mol. The third-order valence-electron chi connectivity index (χ3n) is 2.87. The van der Waals surface area contributed by atoms with Gasteiger partial charge in [-0.05, 0) is 42.6 Å². The van der Waals surface area contributed by atoms with Crippen LogP contribution in [0.4, 0.5) is 0 Å². The molecule has 96 valence electrons. The first-order valence-electron chi connectivity index (χ1n) is 6.08. The van der Waals surface area contributed by atoms with E-state index < -0.39 is 0 Å². The average Bonchev–Trinajstić information content (AvgIpc) is 2.73. The van der Waals surface area contributed by atoms with E-state index in [9.17, 15) is 0 Å². The third kappa shape index (κ3) is 3.68. The molecule has 3 nitrogen and oxygen atoms in total. The Labute approximate surface area is 116 Å². The van der Waals surface area contributed by atoms with Gasteiger partial charge in [0.2, 0.25) is 0 Å². The van der Waals surface area contributed by atoms with Crippen molar-refractivity contribution >= 4 is 15.9 Å². The molecule has 1 aromatic carbocycles. The van der Waals surface area contributed by atoms with E-state index in [1.165, 1.54) is 21.2 Å². The summed E-state index contributed by atoms with van der Waals surface area (Å²) in [7, 11) is 1.94. The molecule has 0 aliphatic carbocycles. The summed E-state index contributed by atoms with van der Waals surface area (Å²) in [5, 5.41) is 7.61. The fraction of sp³-hybridized carbons (Fsp3) is 0.357. The molecule has 2 rings (SSSR count). The van der Waals surface area contributed by atoms with Crippen molar-refractivity contribution in [1.29, 1.82) is 0 Å². The Hall–Kier alpha value is -1.13. The maximum absolute atomic E-state index is 4.16. The lowest BCUT2D eigenvalue weighted by atomic mass is 10.1. The van der Waals surface area contributed by atoms with Gasteiger partial charge in [-0.15, -0.1) is 0 Å². The summed E-state index contributed by atoms with van der Waals surface area (Å²) in [5.74, 6) is 0. The number of nitrogens with one attached hydrogen (secondary N) is 1. The van der Waals surface area contributed by atoms with Crippen LogP contribution in [0, 0.1) is 6.92 Å². The van der Waals surface area contributed by atoms with Gasteiger partial charge < -0.3 is 5.32 Å². The van der Waals surface area contributed by atoms with Crippen molar-refractivity contribution in [3.8, 4) is 0 Å². The molecule has 0 amide bonds. The predicted octanol–water partition coefficient (Wildman–Crippen LogP) is 2.82. The Kier molecular flexibility index (Phi) is 4.55. The third-order valence-corrected chi connectivity index (χ3v) is 3.61. The molecule has 1 heterocycles. The topological polar surface area (TPSA) is 29.9 Å². The summed E-state index contributed by atoms with van der Waals surface area (Å²) in [6.45, 7) is 3.96. The molecule has 0 spiro atoms. The molecule has 0 saturated heterocycles. The fourth-order valence-electron chi connectivity index (χ4n) is 1.85. The van der Waals surface area contributed by atoms with Gasteiger partial charge in [-0.2, -0.15) is 5.10 Å². The van der Waals surface area contributed by atoms with Crippen molar-refractivity contribution in [1.82, 2.24) is 15.1 Å². The number of aryl methyl sites for hydroxylation is 2. The van der Waals surface area contributed by atoms with Crippen LogP contribution in [0.3, 0.4) is 0 Å². The number of nitrogens with zero attached hydrogens (tertiary/aromatic N) is 2. The smallest absolute Gasteiger partial charge is 0.0522 e. The van der Waals surface area contributed by atoms with Gasteiger partial charge in [0.25, 0.3) is 0 Å². The van der Waals surface area contributed by atoms with E-state index in [4.69, 9.17) is 0 Å². The minimum Gasteiger partial charge on any atom is -0.312 e. The number of halogens is 1. The van der Waals surface area contributed by atoms with Gasteiger partial charge in [0.1, 0.15) is 0 Å². The molecule has 4 heteroatoms. The SMILES string of the molecule is Cc1ccc(CNCCc2cnn(C)c2)c(Br)c1. The Morgan fingerprint density at radius 1 is 1.39 bits per heavy atom. The molecule has 0 saturated carbocycles. The van der Waals surface area contributed by atoms with Crippen molar-refractivity contribution in [3.63, 3.8) is 0 Å². The maximum Gasteiger partial charge on any atom is 0.0522 e. The summed E-state index contributed by atoms with van der Waals surface area (Å²) in [5.41, 5.74) is 3.85. The van der Waals surface area contributed by atoms with E-state index >= 15 is 0 Å². The lowest BCUT2D eigenvalue weighted by molar-refractivity contribution is 0.684. The fourth-order valence-corrected chi connectivity index (χ4v) is 2.49. The Bertz CT molecular complexity index is 520. The van der Waals surface area contributed by atoms with Gasteiger partial charge in [0.15, 0.2) is 0 Å². The van der Waals surface area contributed by atoms with E-state index in [0.717, 1.165) is 19.5 Å². The molecule has 2 aromatic rings. The Balaban J connectivity index is 1.78. The first-order valence-corrected chi connectivity index (χ1v) is 6.88. The molecular formula is C14H18BrN3. The Morgan fingerprint density at radius 3 is 2.89 bits per heavy atom. The minimum absolute atomic E-state index is 0.890. The van der Waals surface area contributed by atoms with E-state index in [1.807, 2.05) is 17.9 Å². The van der Waals surface area contributed by atoms with E-state index in [1.54, 1.807) is 0 Å². The number of aromatic nitrogens is 2. The molecule has 0 fully saturated rings. The Morgan fingerprint density at radius 2 is 2.22 bits per heavy atom. The van der Waals surface area contributed by atoms with Gasteiger partial charge in [0, 0.05) is 24.3 Å². The number of benzene rings is 1. The summed E-state index contributed by atoms with van der Waals surface area (Å²) >= 11 is 3.59. The zero-order valence-corrected chi connectivity index (χ0v) is 12.4. The second-order valence-electron chi connectivity index (χ2n) is 4.54. The first kappa shape index (κ1) is 13.3. The van der Waals surface area contributed by atoms with Gasteiger partial charge in [-0.1, -0.05) is 28.1 Å². The van der Waals surface area contributed by atoms with E-state index in [2.05, 4.69) is 57.7 Å². The van der Waals surface area contributed by atoms with Crippen LogP contribution in [0.2, 0.25) is 0 Å². The monoisotopic (exact) mass is 307 g/mol. The zero-order valence-electron chi connectivity index (χ0n) is 10.8. The lowest BCUT2D eigenvalue weighted by Gasteiger charge is -2.07. The maximum atomic E-state index is 4.16. The highest BCUT2D eigenvalue weighted by Crippen LogP contribution is 2.17. The quantitative estimate of drug-likeness (QED) is 0.861. The highest BCUT2D eigenvalue weighted by Gasteiger charge is 2.00. The van der Waals surface area contributed by atoms with Gasteiger partial charge in [-0.3, -0.25) is 4.68 Å². The minimum atomic E-state index is 0.890. The average molecular weight is 308 g/mol. The molecule has 0 aliphatic heterocycles. The molecule has 18 heavy (non-hydrogen) atoms. The van der Waals surface area contributed by atoms with Crippen LogP contribution in [-0.4, -0.2) is 16.3 Å². The molecule has 0 unspecified atom stereocenters. The molecule has 0 aliphatic rings. The zero-order chi connectivity index (χ0) is 13.0. The summed E-state index contributed by atoms with van der Waals surface area (Å²) in [6.07, 6.45) is 4.99. The van der Waals surface area contributed by atoms with Crippen molar-refractivity contribution in [2.45, 2.75) is 19.9 Å². The van der Waals surface area contributed by atoms with Crippen LogP contribution < -0.4 is 5.32 Å². The highest BCUT2D eigenvalue weighted by atomic mass is 79.9. The second-order valence-corrected chi connectivity index (χ2v) is 5.40. The summed E-state index contributed by atoms with van der Waals surface area (Å²) < 4.78 is 3.02. The number of hydrogen-bond acceptors (Lipinski definition) is 2. The van der Waals surface area contributed by atoms with E-state index in [-0.39, 0.29) is 0 Å². The van der Waals surface area contributed by atoms with Crippen LogP contribution in [0.1, 0.15) is 16.7 Å². The summed E-state index contributed by atoms with van der Waals surface area (Å²) in [4.78, 5) is 0. The lowest BCUT2D eigenvalue weighted by Crippen LogP contribution is -2.16. The van der Waals surface area contributed by atoms with E-state index in [0.29, 0.717) is 0 Å². The van der Waals surface area contributed by atoms with Crippen LogP contribution >= 0.6 is 15.9 Å². The molecule has 0 atom stereocenters.